The van der Waals surface area contributed by atoms with Gasteiger partial charge in [-0.15, -0.1) is 0 Å². The standard InChI is InChI=1S/C18H12F3N3O4/c1-10-2-7-13(15(8-10)24(26)27)22-16(25)14-9-28-17(23-14)11-3-5-12(6-4-11)18(19,20)21/h2-9H,1H3,(H,22,25). The molecule has 0 atom stereocenters. The molecule has 28 heavy (non-hydrogen) atoms. The number of halogens is 3. The number of oxazole rings is 1. The maximum absolute atomic E-state index is 12.6. The second-order valence-corrected chi connectivity index (χ2v) is 5.84. The van der Waals surface area contributed by atoms with Crippen LogP contribution in [0.4, 0.5) is 24.5 Å². The molecule has 0 fully saturated rings. The van der Waals surface area contributed by atoms with Gasteiger partial charge in [-0.1, -0.05) is 6.07 Å². The van der Waals surface area contributed by atoms with Crippen molar-refractivity contribution >= 4 is 17.3 Å². The monoisotopic (exact) mass is 391 g/mol. The van der Waals surface area contributed by atoms with Gasteiger partial charge >= 0.3 is 6.18 Å². The van der Waals surface area contributed by atoms with E-state index in [1.54, 1.807) is 13.0 Å². The Balaban J connectivity index is 1.81. The fourth-order valence-electron chi connectivity index (χ4n) is 2.40. The van der Waals surface area contributed by atoms with Crippen LogP contribution in [0.5, 0.6) is 0 Å². The summed E-state index contributed by atoms with van der Waals surface area (Å²) in [6.45, 7) is 1.67. The van der Waals surface area contributed by atoms with Gasteiger partial charge < -0.3 is 9.73 Å². The van der Waals surface area contributed by atoms with Gasteiger partial charge in [0.15, 0.2) is 5.69 Å². The van der Waals surface area contributed by atoms with Crippen LogP contribution in [-0.4, -0.2) is 15.8 Å². The van der Waals surface area contributed by atoms with E-state index in [1.807, 2.05) is 0 Å². The molecule has 7 nitrogen and oxygen atoms in total. The molecule has 0 spiro atoms. The van der Waals surface area contributed by atoms with Gasteiger partial charge in [0.1, 0.15) is 12.0 Å². The number of nitro benzene ring substituents is 1. The first-order chi connectivity index (χ1) is 13.1. The lowest BCUT2D eigenvalue weighted by Gasteiger charge is -2.06. The van der Waals surface area contributed by atoms with Gasteiger partial charge in [-0.2, -0.15) is 13.2 Å². The molecule has 0 aliphatic carbocycles. The van der Waals surface area contributed by atoms with Crippen LogP contribution in [0.1, 0.15) is 21.6 Å². The molecular weight excluding hydrogens is 379 g/mol. The highest BCUT2D eigenvalue weighted by Crippen LogP contribution is 2.31. The van der Waals surface area contributed by atoms with E-state index in [9.17, 15) is 28.1 Å². The number of alkyl halides is 3. The van der Waals surface area contributed by atoms with Crippen molar-refractivity contribution in [2.75, 3.05) is 5.32 Å². The molecule has 1 aromatic heterocycles. The number of amides is 1. The molecule has 1 N–H and O–H groups in total. The normalized spacial score (nSPS) is 11.3. The third kappa shape index (κ3) is 4.00. The van der Waals surface area contributed by atoms with E-state index in [0.717, 1.165) is 18.4 Å². The second kappa shape index (κ2) is 7.14. The zero-order chi connectivity index (χ0) is 20.5. The number of nitrogens with zero attached hydrogens (tertiary/aromatic N) is 2. The minimum Gasteiger partial charge on any atom is -0.444 e. The summed E-state index contributed by atoms with van der Waals surface area (Å²) in [5, 5.41) is 13.5. The number of nitro groups is 1. The predicted octanol–water partition coefficient (Wildman–Crippen LogP) is 4.83. The summed E-state index contributed by atoms with van der Waals surface area (Å²) in [6.07, 6.45) is -3.45. The van der Waals surface area contributed by atoms with Crippen molar-refractivity contribution < 1.29 is 27.3 Å². The average molecular weight is 391 g/mol. The Labute approximate surface area is 156 Å². The molecule has 144 valence electrons. The maximum atomic E-state index is 12.6. The summed E-state index contributed by atoms with van der Waals surface area (Å²) < 4.78 is 43.0. The number of rotatable bonds is 4. The molecule has 1 amide bonds. The number of carbonyl (C=O) groups excluding carboxylic acids is 1. The zero-order valence-electron chi connectivity index (χ0n) is 14.3. The van der Waals surface area contributed by atoms with Crippen LogP contribution in [0.15, 0.2) is 53.1 Å². The lowest BCUT2D eigenvalue weighted by atomic mass is 10.1. The van der Waals surface area contributed by atoms with Gasteiger partial charge in [-0.05, 0) is 42.8 Å². The van der Waals surface area contributed by atoms with Crippen molar-refractivity contribution in [3.63, 3.8) is 0 Å². The van der Waals surface area contributed by atoms with Gasteiger partial charge in [0.25, 0.3) is 11.6 Å². The molecule has 3 rings (SSSR count). The van der Waals surface area contributed by atoms with E-state index in [0.29, 0.717) is 5.56 Å². The third-order valence-corrected chi connectivity index (χ3v) is 3.79. The third-order valence-electron chi connectivity index (χ3n) is 3.79. The molecule has 1 heterocycles. The van der Waals surface area contributed by atoms with Gasteiger partial charge in [0, 0.05) is 11.6 Å². The first kappa shape index (κ1) is 19.1. The summed E-state index contributed by atoms with van der Waals surface area (Å²) in [5.74, 6) is -0.814. The number of aromatic nitrogens is 1. The highest BCUT2D eigenvalue weighted by molar-refractivity contribution is 6.04. The molecule has 0 unspecified atom stereocenters. The molecule has 0 saturated carbocycles. The average Bonchev–Trinajstić information content (AvgIpc) is 3.12. The Hall–Kier alpha value is -3.69. The Morgan fingerprint density at radius 1 is 1.18 bits per heavy atom. The van der Waals surface area contributed by atoms with Crippen LogP contribution < -0.4 is 5.32 Å². The molecule has 0 aliphatic heterocycles. The van der Waals surface area contributed by atoms with Crippen molar-refractivity contribution in [2.24, 2.45) is 0 Å². The maximum Gasteiger partial charge on any atom is 0.416 e. The molecule has 3 aromatic rings. The van der Waals surface area contributed by atoms with Crippen molar-refractivity contribution in [1.29, 1.82) is 0 Å². The summed E-state index contributed by atoms with van der Waals surface area (Å²) in [5.41, 5.74) is -0.402. The van der Waals surface area contributed by atoms with E-state index in [2.05, 4.69) is 10.3 Å². The Morgan fingerprint density at radius 2 is 1.86 bits per heavy atom. The van der Waals surface area contributed by atoms with Crippen LogP contribution in [0, 0.1) is 17.0 Å². The van der Waals surface area contributed by atoms with Crippen LogP contribution in [0.2, 0.25) is 0 Å². The Bertz CT molecular complexity index is 1040. The first-order valence-corrected chi connectivity index (χ1v) is 7.84. The SMILES string of the molecule is Cc1ccc(NC(=O)c2coc(-c3ccc(C(F)(F)F)cc3)n2)c([N+](=O)[O-])c1. The van der Waals surface area contributed by atoms with E-state index < -0.39 is 22.6 Å². The summed E-state index contributed by atoms with van der Waals surface area (Å²) in [6, 6.07) is 8.37. The lowest BCUT2D eigenvalue weighted by molar-refractivity contribution is -0.384. The van der Waals surface area contributed by atoms with E-state index >= 15 is 0 Å². The van der Waals surface area contributed by atoms with Crippen molar-refractivity contribution in [1.82, 2.24) is 4.98 Å². The Morgan fingerprint density at radius 3 is 2.46 bits per heavy atom. The number of carbonyl (C=O) groups is 1. The van der Waals surface area contributed by atoms with E-state index in [-0.39, 0.29) is 28.5 Å². The highest BCUT2D eigenvalue weighted by atomic mass is 19.4. The number of hydrogen-bond donors (Lipinski definition) is 1. The Kier molecular flexibility index (Phi) is 4.87. The van der Waals surface area contributed by atoms with Gasteiger partial charge in [0.05, 0.1) is 10.5 Å². The minimum absolute atomic E-state index is 0.0142. The number of nitrogens with one attached hydrogen (secondary N) is 1. The van der Waals surface area contributed by atoms with Crippen molar-refractivity contribution in [3.8, 4) is 11.5 Å². The van der Waals surface area contributed by atoms with Gasteiger partial charge in [-0.3, -0.25) is 14.9 Å². The summed E-state index contributed by atoms with van der Waals surface area (Å²) >= 11 is 0. The number of hydrogen-bond acceptors (Lipinski definition) is 5. The number of aryl methyl sites for hydroxylation is 1. The lowest BCUT2D eigenvalue weighted by Crippen LogP contribution is -2.13. The van der Waals surface area contributed by atoms with Crippen molar-refractivity contribution in [3.05, 3.63) is 75.7 Å². The smallest absolute Gasteiger partial charge is 0.416 e. The van der Waals surface area contributed by atoms with E-state index in [1.165, 1.54) is 24.3 Å². The van der Waals surface area contributed by atoms with Gasteiger partial charge in [-0.25, -0.2) is 4.98 Å². The minimum atomic E-state index is -4.47. The van der Waals surface area contributed by atoms with Crippen LogP contribution in [0.25, 0.3) is 11.5 Å². The predicted molar refractivity (Wildman–Crippen MR) is 92.7 cm³/mol. The van der Waals surface area contributed by atoms with Crippen LogP contribution in [-0.2, 0) is 6.18 Å². The summed E-state index contributed by atoms with van der Waals surface area (Å²) in [7, 11) is 0. The molecular formula is C18H12F3N3O4. The fourth-order valence-corrected chi connectivity index (χ4v) is 2.40. The van der Waals surface area contributed by atoms with Crippen molar-refractivity contribution in [2.45, 2.75) is 13.1 Å². The second-order valence-electron chi connectivity index (χ2n) is 5.84. The number of anilines is 1. The molecule has 2 aromatic carbocycles. The number of benzene rings is 2. The zero-order valence-corrected chi connectivity index (χ0v) is 14.3. The quantitative estimate of drug-likeness (QED) is 0.507. The largest absolute Gasteiger partial charge is 0.444 e. The van der Waals surface area contributed by atoms with E-state index in [4.69, 9.17) is 4.42 Å². The molecule has 0 radical (unpaired) electrons. The molecule has 0 saturated heterocycles. The van der Waals surface area contributed by atoms with Crippen LogP contribution in [0.3, 0.4) is 0 Å². The first-order valence-electron chi connectivity index (χ1n) is 7.84. The van der Waals surface area contributed by atoms with Crippen LogP contribution >= 0.6 is 0 Å². The highest BCUT2D eigenvalue weighted by Gasteiger charge is 2.30. The van der Waals surface area contributed by atoms with Gasteiger partial charge in [0.2, 0.25) is 5.89 Å². The molecule has 0 aliphatic rings. The summed E-state index contributed by atoms with van der Waals surface area (Å²) in [4.78, 5) is 26.7. The molecule has 0 bridgehead atoms. The fraction of sp³-hybridized carbons (Fsp3) is 0.111. The molecule has 10 heteroatoms. The topological polar surface area (TPSA) is 98.3 Å².